The molecule has 21 heavy (non-hydrogen) atoms. The third-order valence-electron chi connectivity index (χ3n) is 3.92. The number of fused-ring (bicyclic) bond motifs is 1. The lowest BCUT2D eigenvalue weighted by atomic mass is 9.99. The van der Waals surface area contributed by atoms with E-state index >= 15 is 0 Å². The zero-order valence-electron chi connectivity index (χ0n) is 13.0. The van der Waals surface area contributed by atoms with Gasteiger partial charge in [0.1, 0.15) is 0 Å². The minimum Gasteiger partial charge on any atom is -0.248 e. The number of benzene rings is 2. The van der Waals surface area contributed by atoms with Crippen molar-refractivity contribution in [1.82, 2.24) is 4.98 Å². The Labute approximate surface area is 126 Å². The lowest BCUT2D eigenvalue weighted by Gasteiger charge is -2.10. The van der Waals surface area contributed by atoms with Gasteiger partial charge in [-0.1, -0.05) is 54.8 Å². The highest BCUT2D eigenvalue weighted by atomic mass is 14.7. The average molecular weight is 275 g/mol. The Morgan fingerprint density at radius 3 is 2.29 bits per heavy atom. The molecule has 0 unspecified atom stereocenters. The summed E-state index contributed by atoms with van der Waals surface area (Å²) >= 11 is 0. The first-order chi connectivity index (χ1) is 10.2. The van der Waals surface area contributed by atoms with E-state index in [1.807, 2.05) is 0 Å². The summed E-state index contributed by atoms with van der Waals surface area (Å²) in [5.74, 6) is 0. The van der Waals surface area contributed by atoms with Gasteiger partial charge in [0.25, 0.3) is 0 Å². The zero-order valence-corrected chi connectivity index (χ0v) is 13.0. The van der Waals surface area contributed by atoms with Gasteiger partial charge < -0.3 is 0 Å². The van der Waals surface area contributed by atoms with E-state index < -0.39 is 0 Å². The van der Waals surface area contributed by atoms with Gasteiger partial charge >= 0.3 is 0 Å². The maximum Gasteiger partial charge on any atom is 0.0712 e. The monoisotopic (exact) mass is 275 g/mol. The summed E-state index contributed by atoms with van der Waals surface area (Å²) in [7, 11) is 0. The van der Waals surface area contributed by atoms with Crippen molar-refractivity contribution in [2.45, 2.75) is 33.6 Å². The third-order valence-corrected chi connectivity index (χ3v) is 3.92. The van der Waals surface area contributed by atoms with E-state index in [1.165, 1.54) is 27.6 Å². The fourth-order valence-electron chi connectivity index (χ4n) is 2.76. The molecule has 1 heteroatoms. The molecule has 3 aromatic rings. The molecule has 3 rings (SSSR count). The van der Waals surface area contributed by atoms with Crippen LogP contribution in [-0.2, 0) is 6.42 Å². The van der Waals surface area contributed by atoms with Crippen molar-refractivity contribution in [2.75, 3.05) is 0 Å². The van der Waals surface area contributed by atoms with Gasteiger partial charge in [-0.05, 0) is 44.0 Å². The summed E-state index contributed by atoms with van der Waals surface area (Å²) in [6, 6.07) is 17.4. The topological polar surface area (TPSA) is 12.9 Å². The Kier molecular flexibility index (Phi) is 3.74. The van der Waals surface area contributed by atoms with Crippen LogP contribution in [0.1, 0.15) is 30.0 Å². The number of rotatable bonds is 3. The minimum atomic E-state index is 1.08. The molecular weight excluding hydrogens is 254 g/mol. The average Bonchev–Trinajstić information content (AvgIpc) is 2.48. The van der Waals surface area contributed by atoms with Crippen LogP contribution in [0.25, 0.3) is 22.2 Å². The molecule has 0 fully saturated rings. The Morgan fingerprint density at radius 2 is 1.57 bits per heavy atom. The van der Waals surface area contributed by atoms with Gasteiger partial charge in [-0.25, -0.2) is 4.98 Å². The minimum absolute atomic E-state index is 1.08. The molecule has 0 radical (unpaired) electrons. The second-order valence-corrected chi connectivity index (χ2v) is 5.80. The lowest BCUT2D eigenvalue weighted by Crippen LogP contribution is -1.93. The summed E-state index contributed by atoms with van der Waals surface area (Å²) in [6.07, 6.45) is 2.25. The van der Waals surface area contributed by atoms with Gasteiger partial charge in [-0.2, -0.15) is 0 Å². The maximum absolute atomic E-state index is 4.86. The summed E-state index contributed by atoms with van der Waals surface area (Å²) in [5.41, 5.74) is 7.35. The van der Waals surface area contributed by atoms with Crippen LogP contribution >= 0.6 is 0 Å². The summed E-state index contributed by atoms with van der Waals surface area (Å²) < 4.78 is 0. The van der Waals surface area contributed by atoms with Crippen LogP contribution in [0.3, 0.4) is 0 Å². The van der Waals surface area contributed by atoms with E-state index in [2.05, 4.69) is 69.3 Å². The van der Waals surface area contributed by atoms with Crippen molar-refractivity contribution in [1.29, 1.82) is 0 Å². The number of aromatic nitrogens is 1. The number of pyridine rings is 1. The number of hydrogen-bond donors (Lipinski definition) is 0. The van der Waals surface area contributed by atoms with E-state index in [1.54, 1.807) is 0 Å². The Bertz CT molecular complexity index is 770. The molecule has 106 valence electrons. The molecule has 0 bridgehead atoms. The van der Waals surface area contributed by atoms with E-state index in [4.69, 9.17) is 4.98 Å². The largest absolute Gasteiger partial charge is 0.248 e. The van der Waals surface area contributed by atoms with Crippen molar-refractivity contribution >= 4 is 10.9 Å². The first-order valence-electron chi connectivity index (χ1n) is 7.64. The molecule has 1 heterocycles. The third kappa shape index (κ3) is 2.82. The molecule has 1 nitrogen and oxygen atoms in total. The van der Waals surface area contributed by atoms with Gasteiger partial charge in [0.15, 0.2) is 0 Å². The zero-order chi connectivity index (χ0) is 14.8. The predicted octanol–water partition coefficient (Wildman–Crippen LogP) is 5.47. The van der Waals surface area contributed by atoms with Crippen molar-refractivity contribution in [3.8, 4) is 11.3 Å². The highest BCUT2D eigenvalue weighted by molar-refractivity contribution is 5.85. The van der Waals surface area contributed by atoms with Crippen LogP contribution in [0.15, 0.2) is 48.5 Å². The van der Waals surface area contributed by atoms with Crippen molar-refractivity contribution in [3.63, 3.8) is 0 Å². The van der Waals surface area contributed by atoms with E-state index in [0.717, 1.165) is 24.1 Å². The molecule has 0 aliphatic rings. The van der Waals surface area contributed by atoms with Crippen LogP contribution in [0, 0.1) is 13.8 Å². The van der Waals surface area contributed by atoms with Crippen LogP contribution in [0.5, 0.6) is 0 Å². The lowest BCUT2D eigenvalue weighted by molar-refractivity contribution is 0.928. The highest BCUT2D eigenvalue weighted by Crippen LogP contribution is 2.26. The number of aryl methyl sites for hydroxylation is 3. The Hall–Kier alpha value is -2.15. The van der Waals surface area contributed by atoms with Crippen molar-refractivity contribution in [3.05, 3.63) is 65.2 Å². The van der Waals surface area contributed by atoms with Crippen LogP contribution in [0.2, 0.25) is 0 Å². The molecular formula is C20H21N. The quantitative estimate of drug-likeness (QED) is 0.617. The molecule has 0 spiro atoms. The summed E-state index contributed by atoms with van der Waals surface area (Å²) in [6.45, 7) is 6.49. The number of nitrogens with zero attached hydrogens (tertiary/aromatic N) is 1. The first-order valence-corrected chi connectivity index (χ1v) is 7.64. The second-order valence-electron chi connectivity index (χ2n) is 5.80. The summed E-state index contributed by atoms with van der Waals surface area (Å²) in [4.78, 5) is 4.86. The summed E-state index contributed by atoms with van der Waals surface area (Å²) in [5, 5.41) is 1.30. The first kappa shape index (κ1) is 13.8. The number of hydrogen-bond acceptors (Lipinski definition) is 1. The molecule has 0 N–H and O–H groups in total. The van der Waals surface area contributed by atoms with Crippen LogP contribution in [0.4, 0.5) is 0 Å². The maximum atomic E-state index is 4.86. The standard InChI is InChI=1S/C20H21N/c1-4-5-17-13-20(16-9-6-14(2)7-10-16)21-19-11-8-15(3)12-18(17)19/h6-13H,4-5H2,1-3H3. The smallest absolute Gasteiger partial charge is 0.0712 e. The molecule has 2 aromatic carbocycles. The normalized spacial score (nSPS) is 11.0. The Morgan fingerprint density at radius 1 is 0.857 bits per heavy atom. The van der Waals surface area contributed by atoms with E-state index in [-0.39, 0.29) is 0 Å². The van der Waals surface area contributed by atoms with Gasteiger partial charge in [-0.15, -0.1) is 0 Å². The second kappa shape index (κ2) is 5.69. The Balaban J connectivity index is 2.20. The molecule has 0 atom stereocenters. The van der Waals surface area contributed by atoms with Gasteiger partial charge in [0, 0.05) is 10.9 Å². The van der Waals surface area contributed by atoms with E-state index in [9.17, 15) is 0 Å². The predicted molar refractivity (Wildman–Crippen MR) is 90.6 cm³/mol. The van der Waals surface area contributed by atoms with Crippen molar-refractivity contribution in [2.24, 2.45) is 0 Å². The fraction of sp³-hybridized carbons (Fsp3) is 0.250. The van der Waals surface area contributed by atoms with Crippen LogP contribution in [-0.4, -0.2) is 4.98 Å². The SMILES string of the molecule is CCCc1cc(-c2ccc(C)cc2)nc2ccc(C)cc12. The molecule has 0 saturated carbocycles. The fourth-order valence-corrected chi connectivity index (χ4v) is 2.76. The van der Waals surface area contributed by atoms with E-state index in [0.29, 0.717) is 0 Å². The van der Waals surface area contributed by atoms with Crippen LogP contribution < -0.4 is 0 Å². The van der Waals surface area contributed by atoms with Crippen molar-refractivity contribution < 1.29 is 0 Å². The highest BCUT2D eigenvalue weighted by Gasteiger charge is 2.07. The molecule has 1 aromatic heterocycles. The molecule has 0 aliphatic carbocycles. The molecule has 0 aliphatic heterocycles. The van der Waals surface area contributed by atoms with Gasteiger partial charge in [0.2, 0.25) is 0 Å². The molecule has 0 amide bonds. The molecule has 0 saturated heterocycles. The van der Waals surface area contributed by atoms with Gasteiger partial charge in [0.05, 0.1) is 11.2 Å². The van der Waals surface area contributed by atoms with Gasteiger partial charge in [-0.3, -0.25) is 0 Å².